The lowest BCUT2D eigenvalue weighted by molar-refractivity contribution is -0.117. The summed E-state index contributed by atoms with van der Waals surface area (Å²) in [6.07, 6.45) is 0. The van der Waals surface area contributed by atoms with E-state index in [2.05, 4.69) is 9.97 Å². The van der Waals surface area contributed by atoms with E-state index in [1.165, 1.54) is 23.9 Å². The Morgan fingerprint density at radius 3 is 2.45 bits per heavy atom. The first-order valence-corrected chi connectivity index (χ1v) is 6.87. The smallest absolute Gasteiger partial charge is 0.235 e. The third-order valence-corrected chi connectivity index (χ3v) is 3.80. The Hall–Kier alpha value is -1.95. The molecule has 6 heteroatoms. The van der Waals surface area contributed by atoms with E-state index >= 15 is 0 Å². The molecule has 1 aromatic heterocycles. The number of amides is 1. The number of thioether (sulfide) groups is 1. The zero-order valence-electron chi connectivity index (χ0n) is 11.1. The standard InChI is InChI=1S/C14H14FN3OS/c1-8-7-12(18-9(2)17-8)20-13(14(16)19)10-3-5-11(15)6-4-10/h3-7,13H,1-2H3,(H2,16,19)/t13-/m1/s1. The highest BCUT2D eigenvalue weighted by Gasteiger charge is 2.20. The largest absolute Gasteiger partial charge is 0.368 e. The first kappa shape index (κ1) is 14.5. The van der Waals surface area contributed by atoms with Gasteiger partial charge >= 0.3 is 0 Å². The van der Waals surface area contributed by atoms with Gasteiger partial charge in [0.1, 0.15) is 21.9 Å². The SMILES string of the molecule is Cc1cc(S[C@@H](C(N)=O)c2ccc(F)cc2)nc(C)n1. The Bertz CT molecular complexity index is 611. The molecule has 0 unspecified atom stereocenters. The van der Waals surface area contributed by atoms with Crippen LogP contribution in [0.5, 0.6) is 0 Å². The Kier molecular flexibility index (Phi) is 4.34. The van der Waals surface area contributed by atoms with Gasteiger partial charge in [-0.05, 0) is 37.6 Å². The Morgan fingerprint density at radius 2 is 1.90 bits per heavy atom. The van der Waals surface area contributed by atoms with Crippen LogP contribution in [-0.2, 0) is 4.79 Å². The number of benzene rings is 1. The average molecular weight is 291 g/mol. The van der Waals surface area contributed by atoms with Crippen molar-refractivity contribution < 1.29 is 9.18 Å². The van der Waals surface area contributed by atoms with Crippen LogP contribution in [-0.4, -0.2) is 15.9 Å². The lowest BCUT2D eigenvalue weighted by Gasteiger charge is -2.13. The summed E-state index contributed by atoms with van der Waals surface area (Å²) >= 11 is 1.24. The summed E-state index contributed by atoms with van der Waals surface area (Å²) in [4.78, 5) is 20.1. The maximum atomic E-state index is 12.9. The number of aromatic nitrogens is 2. The topological polar surface area (TPSA) is 68.9 Å². The normalized spacial score (nSPS) is 12.2. The quantitative estimate of drug-likeness (QED) is 0.694. The van der Waals surface area contributed by atoms with Crippen LogP contribution in [0.15, 0.2) is 35.4 Å². The zero-order chi connectivity index (χ0) is 14.7. The van der Waals surface area contributed by atoms with Gasteiger partial charge in [-0.2, -0.15) is 0 Å². The van der Waals surface area contributed by atoms with Crippen LogP contribution in [0, 0.1) is 19.7 Å². The second kappa shape index (κ2) is 6.00. The molecule has 0 bridgehead atoms. The fourth-order valence-corrected chi connectivity index (χ4v) is 2.87. The molecule has 0 fully saturated rings. The second-order valence-electron chi connectivity index (χ2n) is 4.35. The molecule has 0 saturated carbocycles. The van der Waals surface area contributed by atoms with Crippen LogP contribution in [0.1, 0.15) is 22.3 Å². The lowest BCUT2D eigenvalue weighted by Crippen LogP contribution is -2.19. The maximum Gasteiger partial charge on any atom is 0.235 e. The van der Waals surface area contributed by atoms with E-state index in [-0.39, 0.29) is 5.82 Å². The Labute approximate surface area is 120 Å². The highest BCUT2D eigenvalue weighted by molar-refractivity contribution is 8.00. The van der Waals surface area contributed by atoms with Crippen LogP contribution in [0.2, 0.25) is 0 Å². The number of carbonyl (C=O) groups excluding carboxylic acids is 1. The molecule has 0 spiro atoms. The van der Waals surface area contributed by atoms with Crippen LogP contribution in [0.4, 0.5) is 4.39 Å². The number of aryl methyl sites for hydroxylation is 2. The third kappa shape index (κ3) is 3.54. The summed E-state index contributed by atoms with van der Waals surface area (Å²) in [5.74, 6) is -0.207. The van der Waals surface area contributed by atoms with Crippen molar-refractivity contribution in [3.05, 3.63) is 53.2 Å². The molecular weight excluding hydrogens is 277 g/mol. The zero-order valence-corrected chi connectivity index (χ0v) is 11.9. The molecule has 2 rings (SSSR count). The fourth-order valence-electron chi connectivity index (χ4n) is 1.79. The van der Waals surface area contributed by atoms with E-state index in [9.17, 15) is 9.18 Å². The third-order valence-electron chi connectivity index (χ3n) is 2.61. The molecule has 0 saturated heterocycles. The van der Waals surface area contributed by atoms with E-state index in [1.54, 1.807) is 25.1 Å². The molecule has 1 atom stereocenters. The first-order valence-electron chi connectivity index (χ1n) is 5.99. The number of rotatable bonds is 4. The van der Waals surface area contributed by atoms with E-state index in [0.717, 1.165) is 5.69 Å². The molecule has 20 heavy (non-hydrogen) atoms. The van der Waals surface area contributed by atoms with Crippen LogP contribution in [0.3, 0.4) is 0 Å². The van der Waals surface area contributed by atoms with E-state index in [1.807, 2.05) is 6.92 Å². The second-order valence-corrected chi connectivity index (χ2v) is 5.47. The van der Waals surface area contributed by atoms with Crippen molar-refractivity contribution in [2.75, 3.05) is 0 Å². The highest BCUT2D eigenvalue weighted by Crippen LogP contribution is 2.34. The van der Waals surface area contributed by atoms with Gasteiger partial charge in [-0.25, -0.2) is 14.4 Å². The van der Waals surface area contributed by atoms with Crippen LogP contribution >= 0.6 is 11.8 Å². The van der Waals surface area contributed by atoms with Gasteiger partial charge in [0, 0.05) is 5.69 Å². The number of hydrogen-bond acceptors (Lipinski definition) is 4. The summed E-state index contributed by atoms with van der Waals surface area (Å²) < 4.78 is 12.9. The van der Waals surface area contributed by atoms with Crippen molar-refractivity contribution in [1.29, 1.82) is 0 Å². The monoisotopic (exact) mass is 291 g/mol. The Morgan fingerprint density at radius 1 is 1.25 bits per heavy atom. The highest BCUT2D eigenvalue weighted by atomic mass is 32.2. The van der Waals surface area contributed by atoms with Crippen molar-refractivity contribution in [2.45, 2.75) is 24.1 Å². The molecule has 4 nitrogen and oxygen atoms in total. The predicted octanol–water partition coefficient (Wildman–Crippen LogP) is 2.55. The van der Waals surface area contributed by atoms with Crippen molar-refractivity contribution in [2.24, 2.45) is 5.73 Å². The van der Waals surface area contributed by atoms with Crippen LogP contribution in [0.25, 0.3) is 0 Å². The molecular formula is C14H14FN3OS. The van der Waals surface area contributed by atoms with E-state index in [4.69, 9.17) is 5.73 Å². The van der Waals surface area contributed by atoms with E-state index < -0.39 is 11.2 Å². The number of hydrogen-bond donors (Lipinski definition) is 1. The minimum Gasteiger partial charge on any atom is -0.368 e. The average Bonchev–Trinajstić information content (AvgIpc) is 2.36. The van der Waals surface area contributed by atoms with Crippen molar-refractivity contribution >= 4 is 17.7 Å². The summed E-state index contributed by atoms with van der Waals surface area (Å²) in [6.45, 7) is 3.64. The van der Waals surface area contributed by atoms with Gasteiger partial charge in [-0.1, -0.05) is 23.9 Å². The molecule has 1 amide bonds. The number of halogens is 1. The lowest BCUT2D eigenvalue weighted by atomic mass is 10.1. The van der Waals surface area contributed by atoms with Gasteiger partial charge in [0.05, 0.1) is 0 Å². The van der Waals surface area contributed by atoms with Gasteiger partial charge in [0.15, 0.2) is 0 Å². The molecule has 0 aliphatic heterocycles. The van der Waals surface area contributed by atoms with Crippen molar-refractivity contribution in [3.63, 3.8) is 0 Å². The molecule has 0 aliphatic carbocycles. The molecule has 104 valence electrons. The molecule has 2 aromatic rings. The number of primary amides is 1. The minimum absolute atomic E-state index is 0.351. The van der Waals surface area contributed by atoms with Crippen molar-refractivity contribution in [3.8, 4) is 0 Å². The van der Waals surface area contributed by atoms with E-state index in [0.29, 0.717) is 16.4 Å². The summed E-state index contributed by atoms with van der Waals surface area (Å²) in [6, 6.07) is 7.51. The molecule has 1 heterocycles. The van der Waals surface area contributed by atoms with Gasteiger partial charge in [-0.3, -0.25) is 4.79 Å². The van der Waals surface area contributed by atoms with Gasteiger partial charge in [-0.15, -0.1) is 0 Å². The molecule has 1 aromatic carbocycles. The fraction of sp³-hybridized carbons (Fsp3) is 0.214. The predicted molar refractivity (Wildman–Crippen MR) is 75.7 cm³/mol. The number of nitrogens with two attached hydrogens (primary N) is 1. The Balaban J connectivity index is 2.30. The molecule has 0 radical (unpaired) electrons. The molecule has 2 N–H and O–H groups in total. The van der Waals surface area contributed by atoms with Gasteiger partial charge in [0.2, 0.25) is 5.91 Å². The van der Waals surface area contributed by atoms with Gasteiger partial charge < -0.3 is 5.73 Å². The molecule has 0 aliphatic rings. The van der Waals surface area contributed by atoms with Crippen molar-refractivity contribution in [1.82, 2.24) is 9.97 Å². The van der Waals surface area contributed by atoms with Gasteiger partial charge in [0.25, 0.3) is 0 Å². The summed E-state index contributed by atoms with van der Waals surface area (Å²) in [5, 5.41) is 0.0624. The van der Waals surface area contributed by atoms with Crippen LogP contribution < -0.4 is 5.73 Å². The number of nitrogens with zero attached hydrogens (tertiary/aromatic N) is 2. The summed E-state index contributed by atoms with van der Waals surface area (Å²) in [5.41, 5.74) is 6.91. The number of carbonyl (C=O) groups is 1. The first-order chi connectivity index (χ1) is 9.45. The minimum atomic E-state index is -0.607. The summed E-state index contributed by atoms with van der Waals surface area (Å²) in [7, 11) is 0. The maximum absolute atomic E-state index is 12.9.